The Morgan fingerprint density at radius 2 is 1.97 bits per heavy atom. The number of hydrogen-bond acceptors (Lipinski definition) is 3. The van der Waals surface area contributed by atoms with Crippen molar-refractivity contribution in [1.29, 1.82) is 0 Å². The maximum Gasteiger partial charge on any atom is 0.255 e. The number of amides is 1. The van der Waals surface area contributed by atoms with Crippen molar-refractivity contribution in [3.05, 3.63) is 70.0 Å². The van der Waals surface area contributed by atoms with Gasteiger partial charge in [0.05, 0.1) is 34.6 Å². The average Bonchev–Trinajstić information content (AvgIpc) is 3.30. The van der Waals surface area contributed by atoms with Gasteiger partial charge in [-0.15, -0.1) is 0 Å². The van der Waals surface area contributed by atoms with Crippen LogP contribution in [0.1, 0.15) is 21.6 Å². The van der Waals surface area contributed by atoms with E-state index in [2.05, 4.69) is 9.88 Å². The molecule has 5 rings (SSSR count). The summed E-state index contributed by atoms with van der Waals surface area (Å²) in [6, 6.07) is 7.21. The van der Waals surface area contributed by atoms with Gasteiger partial charge >= 0.3 is 0 Å². The van der Waals surface area contributed by atoms with Crippen LogP contribution < -0.4 is 4.90 Å². The van der Waals surface area contributed by atoms with Crippen LogP contribution in [0.2, 0.25) is 5.02 Å². The molecule has 0 N–H and O–H groups in total. The highest BCUT2D eigenvalue weighted by Gasteiger charge is 2.28. The number of carbonyl (C=O) groups is 1. The lowest BCUT2D eigenvalue weighted by atomic mass is 10.1. The van der Waals surface area contributed by atoms with E-state index in [1.165, 1.54) is 12.1 Å². The monoisotopic (exact) mass is 428 g/mol. The normalized spacial score (nSPS) is 15.3. The van der Waals surface area contributed by atoms with Crippen LogP contribution in [0, 0.1) is 11.6 Å². The van der Waals surface area contributed by atoms with Gasteiger partial charge in [-0.3, -0.25) is 4.79 Å². The minimum Gasteiger partial charge on any atom is -0.374 e. The fourth-order valence-electron chi connectivity index (χ4n) is 4.25. The zero-order chi connectivity index (χ0) is 21.0. The second kappa shape index (κ2) is 7.09. The number of benzene rings is 2. The number of imidazole rings is 1. The summed E-state index contributed by atoms with van der Waals surface area (Å²) in [7, 11) is 2.01. The smallest absolute Gasteiger partial charge is 0.255 e. The van der Waals surface area contributed by atoms with Gasteiger partial charge in [-0.25, -0.2) is 13.8 Å². The van der Waals surface area contributed by atoms with Gasteiger partial charge in [0.25, 0.3) is 5.91 Å². The molecular weight excluding hydrogens is 410 g/mol. The summed E-state index contributed by atoms with van der Waals surface area (Å²) in [6.07, 6.45) is 2.53. The number of anilines is 1. The minimum absolute atomic E-state index is 0.126. The van der Waals surface area contributed by atoms with Crippen LogP contribution in [0.4, 0.5) is 14.5 Å². The second-order valence-electron chi connectivity index (χ2n) is 7.71. The first-order chi connectivity index (χ1) is 14.4. The maximum absolute atomic E-state index is 14.2. The van der Waals surface area contributed by atoms with E-state index < -0.39 is 11.6 Å². The van der Waals surface area contributed by atoms with Gasteiger partial charge in [0.1, 0.15) is 17.5 Å². The van der Waals surface area contributed by atoms with E-state index in [4.69, 9.17) is 11.6 Å². The molecule has 0 unspecified atom stereocenters. The van der Waals surface area contributed by atoms with Crippen LogP contribution >= 0.6 is 11.6 Å². The van der Waals surface area contributed by atoms with E-state index in [-0.39, 0.29) is 11.5 Å². The largest absolute Gasteiger partial charge is 0.374 e. The Morgan fingerprint density at radius 1 is 1.13 bits per heavy atom. The highest BCUT2D eigenvalue weighted by molar-refractivity contribution is 6.34. The Morgan fingerprint density at radius 3 is 2.77 bits per heavy atom. The number of nitrogens with zero attached hydrogens (tertiary/aromatic N) is 4. The number of fused-ring (bicyclic) bond motifs is 2. The summed E-state index contributed by atoms with van der Waals surface area (Å²) in [5.41, 5.74) is 3.74. The van der Waals surface area contributed by atoms with Gasteiger partial charge < -0.3 is 14.4 Å². The number of hydrogen-bond donors (Lipinski definition) is 0. The molecule has 0 saturated heterocycles. The van der Waals surface area contributed by atoms with Crippen LogP contribution in [0.3, 0.4) is 0 Å². The predicted molar refractivity (Wildman–Crippen MR) is 111 cm³/mol. The Kier molecular flexibility index (Phi) is 4.50. The third-order valence-corrected chi connectivity index (χ3v) is 6.18. The summed E-state index contributed by atoms with van der Waals surface area (Å²) in [5, 5.41) is 0.445. The number of likely N-dealkylation sites (N-methyl/N-ethyl adjacent to an activating group) is 1. The summed E-state index contributed by atoms with van der Waals surface area (Å²) in [5.74, 6) is -0.972. The van der Waals surface area contributed by atoms with E-state index in [9.17, 15) is 13.6 Å². The second-order valence-corrected chi connectivity index (χ2v) is 8.12. The van der Waals surface area contributed by atoms with E-state index >= 15 is 0 Å². The molecule has 0 atom stereocenters. The molecule has 2 aliphatic rings. The zero-order valence-electron chi connectivity index (χ0n) is 16.3. The number of carbonyl (C=O) groups excluding carboxylic acids is 1. The SMILES string of the molecule is CN1CCc2cc(C(=O)N3CCn4c(cnc4-c4ccc(F)cc4F)C3)c(Cl)cc21. The van der Waals surface area contributed by atoms with Crippen molar-refractivity contribution in [2.75, 3.05) is 25.0 Å². The first kappa shape index (κ1) is 19.1. The molecule has 0 bridgehead atoms. The van der Waals surface area contributed by atoms with Gasteiger partial charge in [-0.05, 0) is 36.2 Å². The Hall–Kier alpha value is -2.93. The molecule has 0 fully saturated rings. The number of halogens is 3. The fourth-order valence-corrected chi connectivity index (χ4v) is 4.49. The molecular formula is C22H19ClF2N4O. The van der Waals surface area contributed by atoms with Crippen molar-refractivity contribution in [2.45, 2.75) is 19.5 Å². The van der Waals surface area contributed by atoms with Crippen molar-refractivity contribution in [3.63, 3.8) is 0 Å². The van der Waals surface area contributed by atoms with Crippen molar-refractivity contribution >= 4 is 23.2 Å². The van der Waals surface area contributed by atoms with E-state index in [1.807, 2.05) is 23.7 Å². The third kappa shape index (κ3) is 3.04. The Balaban J connectivity index is 1.42. The highest BCUT2D eigenvalue weighted by atomic mass is 35.5. The number of aromatic nitrogens is 2. The molecule has 0 saturated carbocycles. The molecule has 1 amide bonds. The van der Waals surface area contributed by atoms with E-state index in [1.54, 1.807) is 11.1 Å². The summed E-state index contributed by atoms with van der Waals surface area (Å²) >= 11 is 6.44. The van der Waals surface area contributed by atoms with Gasteiger partial charge in [-0.1, -0.05) is 11.6 Å². The molecule has 154 valence electrons. The third-order valence-electron chi connectivity index (χ3n) is 5.87. The van der Waals surface area contributed by atoms with Crippen LogP contribution in [0.15, 0.2) is 36.5 Å². The molecule has 8 heteroatoms. The van der Waals surface area contributed by atoms with Crippen LogP contribution in [-0.2, 0) is 19.5 Å². The molecule has 30 heavy (non-hydrogen) atoms. The molecule has 0 radical (unpaired) electrons. The van der Waals surface area contributed by atoms with Crippen molar-refractivity contribution in [3.8, 4) is 11.4 Å². The first-order valence-electron chi connectivity index (χ1n) is 9.75. The molecule has 0 spiro atoms. The van der Waals surface area contributed by atoms with Crippen LogP contribution in [0.5, 0.6) is 0 Å². The van der Waals surface area contributed by atoms with Crippen LogP contribution in [0.25, 0.3) is 11.4 Å². The highest BCUT2D eigenvalue weighted by Crippen LogP contribution is 2.34. The zero-order valence-corrected chi connectivity index (χ0v) is 17.1. The molecule has 5 nitrogen and oxygen atoms in total. The molecule has 2 aliphatic heterocycles. The van der Waals surface area contributed by atoms with E-state index in [0.717, 1.165) is 36.0 Å². The summed E-state index contributed by atoms with van der Waals surface area (Å²) in [6.45, 7) is 2.18. The predicted octanol–water partition coefficient (Wildman–Crippen LogP) is 4.13. The van der Waals surface area contributed by atoms with Gasteiger partial charge in [-0.2, -0.15) is 0 Å². The van der Waals surface area contributed by atoms with Crippen LogP contribution in [-0.4, -0.2) is 40.5 Å². The van der Waals surface area contributed by atoms with Crippen molar-refractivity contribution in [2.24, 2.45) is 0 Å². The standard InChI is InChI=1S/C22H19ClF2N4O/c1-27-5-4-13-8-17(18(23)10-20(13)27)22(30)28-6-7-29-15(12-28)11-26-21(29)16-3-2-14(24)9-19(16)25/h2-3,8-11H,4-7,12H2,1H3. The fraction of sp³-hybridized carbons (Fsp3) is 0.273. The lowest BCUT2D eigenvalue weighted by Crippen LogP contribution is -2.38. The lowest BCUT2D eigenvalue weighted by molar-refractivity contribution is 0.0712. The maximum atomic E-state index is 14.2. The average molecular weight is 429 g/mol. The molecule has 0 aliphatic carbocycles. The minimum atomic E-state index is -0.656. The topological polar surface area (TPSA) is 41.4 Å². The summed E-state index contributed by atoms with van der Waals surface area (Å²) < 4.78 is 29.3. The van der Waals surface area contributed by atoms with Gasteiger partial charge in [0.15, 0.2) is 0 Å². The van der Waals surface area contributed by atoms with Gasteiger partial charge in [0, 0.05) is 38.4 Å². The summed E-state index contributed by atoms with van der Waals surface area (Å²) in [4.78, 5) is 21.4. The Labute approximate surface area is 177 Å². The van der Waals surface area contributed by atoms with Crippen molar-refractivity contribution in [1.82, 2.24) is 14.5 Å². The quantitative estimate of drug-likeness (QED) is 0.616. The molecule has 3 heterocycles. The molecule has 2 aromatic carbocycles. The van der Waals surface area contributed by atoms with Gasteiger partial charge in [0.2, 0.25) is 0 Å². The van der Waals surface area contributed by atoms with E-state index in [0.29, 0.717) is 36.0 Å². The van der Waals surface area contributed by atoms with Crippen molar-refractivity contribution < 1.29 is 13.6 Å². The number of rotatable bonds is 2. The lowest BCUT2D eigenvalue weighted by Gasteiger charge is -2.29. The molecule has 1 aromatic heterocycles. The first-order valence-corrected chi connectivity index (χ1v) is 10.1. The Bertz CT molecular complexity index is 1180. The molecule has 3 aromatic rings.